The molecule has 62 valence electrons. The van der Waals surface area contributed by atoms with Crippen molar-refractivity contribution in [3.63, 3.8) is 0 Å². The molecule has 1 aromatic carbocycles. The van der Waals surface area contributed by atoms with E-state index in [2.05, 4.69) is 11.4 Å². The van der Waals surface area contributed by atoms with Crippen LogP contribution >= 0.6 is 12.4 Å². The fourth-order valence-electron chi connectivity index (χ4n) is 1.36. The summed E-state index contributed by atoms with van der Waals surface area (Å²) in [6.45, 7) is 1.85. The van der Waals surface area contributed by atoms with Gasteiger partial charge in [-0.3, -0.25) is 0 Å². The van der Waals surface area contributed by atoms with E-state index >= 15 is 0 Å². The maximum atomic E-state index is 8.60. The SMILES string of the molecule is Cl.N#Cc1ccc2c(c1)CNC2. The lowest BCUT2D eigenvalue weighted by Gasteiger charge is -1.95. The Balaban J connectivity index is 0.000000720. The molecule has 0 aliphatic carbocycles. The Hall–Kier alpha value is -1.04. The van der Waals surface area contributed by atoms with Crippen LogP contribution in [0, 0.1) is 11.3 Å². The molecule has 0 saturated carbocycles. The zero-order valence-corrected chi connectivity index (χ0v) is 7.32. The van der Waals surface area contributed by atoms with Gasteiger partial charge in [-0.05, 0) is 23.3 Å². The Labute approximate surface area is 77.6 Å². The molecule has 0 atom stereocenters. The van der Waals surface area contributed by atoms with Crippen LogP contribution in [0.5, 0.6) is 0 Å². The number of benzene rings is 1. The van der Waals surface area contributed by atoms with Crippen LogP contribution in [0.15, 0.2) is 18.2 Å². The topological polar surface area (TPSA) is 35.8 Å². The fourth-order valence-corrected chi connectivity index (χ4v) is 1.36. The van der Waals surface area contributed by atoms with Crippen molar-refractivity contribution in [2.75, 3.05) is 0 Å². The van der Waals surface area contributed by atoms with Crippen LogP contribution in [-0.2, 0) is 13.1 Å². The maximum Gasteiger partial charge on any atom is 0.0991 e. The summed E-state index contributed by atoms with van der Waals surface area (Å²) in [4.78, 5) is 0. The summed E-state index contributed by atoms with van der Waals surface area (Å²) in [7, 11) is 0. The van der Waals surface area contributed by atoms with Crippen molar-refractivity contribution >= 4 is 12.4 Å². The summed E-state index contributed by atoms with van der Waals surface area (Å²) >= 11 is 0. The first-order valence-corrected chi connectivity index (χ1v) is 3.63. The first-order chi connectivity index (χ1) is 5.40. The fraction of sp³-hybridized carbons (Fsp3) is 0.222. The molecule has 1 heterocycles. The van der Waals surface area contributed by atoms with E-state index in [1.54, 1.807) is 0 Å². The Morgan fingerprint density at radius 1 is 1.25 bits per heavy atom. The highest BCUT2D eigenvalue weighted by Crippen LogP contribution is 2.16. The van der Waals surface area contributed by atoms with E-state index < -0.39 is 0 Å². The van der Waals surface area contributed by atoms with Gasteiger partial charge in [-0.2, -0.15) is 5.26 Å². The number of hydrogen-bond acceptors (Lipinski definition) is 2. The molecule has 12 heavy (non-hydrogen) atoms. The van der Waals surface area contributed by atoms with Crippen LogP contribution in [0.3, 0.4) is 0 Å². The summed E-state index contributed by atoms with van der Waals surface area (Å²) in [5, 5.41) is 11.8. The highest BCUT2D eigenvalue weighted by atomic mass is 35.5. The summed E-state index contributed by atoms with van der Waals surface area (Å²) < 4.78 is 0. The number of nitrogens with one attached hydrogen (secondary N) is 1. The molecule has 0 aromatic heterocycles. The third-order valence-electron chi connectivity index (χ3n) is 1.97. The molecular weight excluding hydrogens is 172 g/mol. The number of nitrogens with zero attached hydrogens (tertiary/aromatic N) is 1. The number of halogens is 1. The quantitative estimate of drug-likeness (QED) is 0.658. The standard InChI is InChI=1S/C9H8N2.ClH/c10-4-7-1-2-8-5-11-6-9(8)3-7;/h1-3,11H,5-6H2;1H. The zero-order valence-electron chi connectivity index (χ0n) is 6.50. The highest BCUT2D eigenvalue weighted by Gasteiger charge is 2.08. The average molecular weight is 181 g/mol. The lowest BCUT2D eigenvalue weighted by Crippen LogP contribution is -1.99. The van der Waals surface area contributed by atoms with Crippen LogP contribution in [0.1, 0.15) is 16.7 Å². The van der Waals surface area contributed by atoms with Crippen LogP contribution in [0.4, 0.5) is 0 Å². The molecule has 1 aromatic rings. The van der Waals surface area contributed by atoms with E-state index in [1.165, 1.54) is 11.1 Å². The van der Waals surface area contributed by atoms with Crippen molar-refractivity contribution in [3.05, 3.63) is 34.9 Å². The minimum absolute atomic E-state index is 0. The molecule has 0 amide bonds. The van der Waals surface area contributed by atoms with Gasteiger partial charge >= 0.3 is 0 Å². The molecule has 2 nitrogen and oxygen atoms in total. The summed E-state index contributed by atoms with van der Waals surface area (Å²) in [6.07, 6.45) is 0. The predicted molar refractivity (Wildman–Crippen MR) is 48.9 cm³/mol. The Morgan fingerprint density at radius 3 is 2.75 bits per heavy atom. The van der Waals surface area contributed by atoms with E-state index in [-0.39, 0.29) is 12.4 Å². The smallest absolute Gasteiger partial charge is 0.0991 e. The first-order valence-electron chi connectivity index (χ1n) is 3.63. The van der Waals surface area contributed by atoms with Gasteiger partial charge in [-0.15, -0.1) is 12.4 Å². The zero-order chi connectivity index (χ0) is 7.68. The lowest BCUT2D eigenvalue weighted by atomic mass is 10.1. The van der Waals surface area contributed by atoms with E-state index in [4.69, 9.17) is 5.26 Å². The van der Waals surface area contributed by atoms with Gasteiger partial charge in [0.1, 0.15) is 0 Å². The molecule has 0 fully saturated rings. The van der Waals surface area contributed by atoms with Crippen molar-refractivity contribution in [1.29, 1.82) is 5.26 Å². The van der Waals surface area contributed by atoms with Gasteiger partial charge in [0.2, 0.25) is 0 Å². The third-order valence-corrected chi connectivity index (χ3v) is 1.97. The van der Waals surface area contributed by atoms with Crippen LogP contribution in [0.25, 0.3) is 0 Å². The van der Waals surface area contributed by atoms with Crippen LogP contribution < -0.4 is 5.32 Å². The lowest BCUT2D eigenvalue weighted by molar-refractivity contribution is 0.765. The minimum Gasteiger partial charge on any atom is -0.309 e. The molecule has 2 rings (SSSR count). The molecule has 0 saturated heterocycles. The van der Waals surface area contributed by atoms with Gasteiger partial charge in [-0.1, -0.05) is 6.07 Å². The highest BCUT2D eigenvalue weighted by molar-refractivity contribution is 5.85. The number of hydrogen-bond donors (Lipinski definition) is 1. The second-order valence-corrected chi connectivity index (χ2v) is 2.70. The van der Waals surface area contributed by atoms with E-state index in [0.29, 0.717) is 0 Å². The maximum absolute atomic E-state index is 8.60. The Kier molecular flexibility index (Phi) is 2.69. The molecule has 3 heteroatoms. The molecule has 0 unspecified atom stereocenters. The minimum atomic E-state index is 0. The summed E-state index contributed by atoms with van der Waals surface area (Å²) in [6, 6.07) is 7.97. The number of rotatable bonds is 0. The molecule has 1 aliphatic heterocycles. The van der Waals surface area contributed by atoms with Crippen LogP contribution in [-0.4, -0.2) is 0 Å². The van der Waals surface area contributed by atoms with Crippen LogP contribution in [0.2, 0.25) is 0 Å². The molecule has 0 radical (unpaired) electrons. The molecule has 1 N–H and O–H groups in total. The molecular formula is C9H9ClN2. The van der Waals surface area contributed by atoms with E-state index in [0.717, 1.165) is 18.7 Å². The van der Waals surface area contributed by atoms with Crippen molar-refractivity contribution in [2.45, 2.75) is 13.1 Å². The van der Waals surface area contributed by atoms with Gasteiger partial charge in [0, 0.05) is 13.1 Å². The summed E-state index contributed by atoms with van der Waals surface area (Å²) in [5.74, 6) is 0. The second kappa shape index (κ2) is 3.57. The number of fused-ring (bicyclic) bond motifs is 1. The van der Waals surface area contributed by atoms with Crippen molar-refractivity contribution < 1.29 is 0 Å². The van der Waals surface area contributed by atoms with Crippen molar-refractivity contribution in [3.8, 4) is 6.07 Å². The first kappa shape index (κ1) is 9.05. The molecule has 0 bridgehead atoms. The van der Waals surface area contributed by atoms with Gasteiger partial charge < -0.3 is 5.32 Å². The average Bonchev–Trinajstić information content (AvgIpc) is 2.50. The van der Waals surface area contributed by atoms with Crippen molar-refractivity contribution in [1.82, 2.24) is 5.32 Å². The normalized spacial score (nSPS) is 12.9. The second-order valence-electron chi connectivity index (χ2n) is 2.70. The predicted octanol–water partition coefficient (Wildman–Crippen LogP) is 1.58. The van der Waals surface area contributed by atoms with Gasteiger partial charge in [0.25, 0.3) is 0 Å². The monoisotopic (exact) mass is 180 g/mol. The van der Waals surface area contributed by atoms with Gasteiger partial charge in [0.15, 0.2) is 0 Å². The number of nitriles is 1. The Bertz CT molecular complexity index is 328. The Morgan fingerprint density at radius 2 is 2.00 bits per heavy atom. The van der Waals surface area contributed by atoms with E-state index in [1.807, 2.05) is 18.2 Å². The van der Waals surface area contributed by atoms with Gasteiger partial charge in [-0.25, -0.2) is 0 Å². The van der Waals surface area contributed by atoms with Gasteiger partial charge in [0.05, 0.1) is 11.6 Å². The molecule has 0 spiro atoms. The van der Waals surface area contributed by atoms with Crippen molar-refractivity contribution in [2.24, 2.45) is 0 Å². The molecule has 1 aliphatic rings. The van der Waals surface area contributed by atoms with E-state index in [9.17, 15) is 0 Å². The third kappa shape index (κ3) is 1.42. The summed E-state index contributed by atoms with van der Waals surface area (Å²) in [5.41, 5.74) is 3.35. The largest absolute Gasteiger partial charge is 0.309 e.